The summed E-state index contributed by atoms with van der Waals surface area (Å²) in [6.07, 6.45) is 9.44. The van der Waals surface area contributed by atoms with E-state index in [1.807, 2.05) is 0 Å². The largest absolute Gasteiger partial charge is 0.391 e. The molecule has 17 heavy (non-hydrogen) atoms. The van der Waals surface area contributed by atoms with Gasteiger partial charge in [-0.15, -0.1) is 11.8 Å². The maximum atomic E-state index is 9.08. The van der Waals surface area contributed by atoms with Crippen LogP contribution in [0.5, 0.6) is 0 Å². The first-order valence-corrected chi connectivity index (χ1v) is 7.35. The zero-order chi connectivity index (χ0) is 12.8. The molecule has 2 nitrogen and oxygen atoms in total. The van der Waals surface area contributed by atoms with Gasteiger partial charge in [-0.1, -0.05) is 50.9 Å². The topological polar surface area (TPSA) is 40.5 Å². The molecule has 0 heterocycles. The van der Waals surface area contributed by atoms with E-state index in [0.717, 1.165) is 10.7 Å². The summed E-state index contributed by atoms with van der Waals surface area (Å²) in [6, 6.07) is 0. The minimum atomic E-state index is -0.128. The van der Waals surface area contributed by atoms with E-state index in [-0.39, 0.29) is 13.2 Å². The highest BCUT2D eigenvalue weighted by Crippen LogP contribution is 2.17. The van der Waals surface area contributed by atoms with Crippen LogP contribution in [0.25, 0.3) is 0 Å². The highest BCUT2D eigenvalue weighted by atomic mass is 32.2. The van der Waals surface area contributed by atoms with Gasteiger partial charge < -0.3 is 10.2 Å². The van der Waals surface area contributed by atoms with E-state index >= 15 is 0 Å². The second-order valence-electron chi connectivity index (χ2n) is 3.86. The van der Waals surface area contributed by atoms with Crippen molar-refractivity contribution >= 4 is 11.8 Å². The molecule has 0 aliphatic carbocycles. The number of hydrogen-bond acceptors (Lipinski definition) is 3. The molecule has 0 fully saturated rings. The van der Waals surface area contributed by atoms with Gasteiger partial charge in [-0.25, -0.2) is 0 Å². The van der Waals surface area contributed by atoms with Crippen LogP contribution in [0.1, 0.15) is 45.4 Å². The maximum absolute atomic E-state index is 9.08. The van der Waals surface area contributed by atoms with Crippen LogP contribution in [0.15, 0.2) is 11.0 Å². The Balaban J connectivity index is 3.53. The van der Waals surface area contributed by atoms with Crippen molar-refractivity contribution < 1.29 is 10.2 Å². The van der Waals surface area contributed by atoms with Gasteiger partial charge in [-0.3, -0.25) is 0 Å². The van der Waals surface area contributed by atoms with Crippen molar-refractivity contribution in [2.45, 2.75) is 45.4 Å². The number of allylic oxidation sites excluding steroid dienone is 1. The lowest BCUT2D eigenvalue weighted by Crippen LogP contribution is -1.88. The van der Waals surface area contributed by atoms with Crippen molar-refractivity contribution in [1.82, 2.24) is 0 Å². The van der Waals surface area contributed by atoms with Crippen LogP contribution in [0, 0.1) is 11.8 Å². The second kappa shape index (κ2) is 13.6. The van der Waals surface area contributed by atoms with Gasteiger partial charge >= 0.3 is 0 Å². The summed E-state index contributed by atoms with van der Waals surface area (Å²) >= 11 is 1.66. The smallest absolute Gasteiger partial charge is 0.104 e. The number of aliphatic hydroxyl groups excluding tert-OH is 2. The van der Waals surface area contributed by atoms with Crippen LogP contribution >= 0.6 is 11.8 Å². The fraction of sp³-hybridized carbons (Fsp3) is 0.714. The minimum absolute atomic E-state index is 0.0423. The van der Waals surface area contributed by atoms with E-state index in [9.17, 15) is 0 Å². The summed E-state index contributed by atoms with van der Waals surface area (Å²) in [4.78, 5) is 0.888. The third kappa shape index (κ3) is 11.8. The van der Waals surface area contributed by atoms with Gasteiger partial charge in [0.25, 0.3) is 0 Å². The second-order valence-corrected chi connectivity index (χ2v) is 5.09. The molecule has 0 aromatic heterocycles. The lowest BCUT2D eigenvalue weighted by atomic mass is 10.1. The molecule has 3 heteroatoms. The molecule has 0 atom stereocenters. The predicted molar refractivity (Wildman–Crippen MR) is 75.9 cm³/mol. The van der Waals surface area contributed by atoms with Gasteiger partial charge in [0.15, 0.2) is 0 Å². The molecule has 0 spiro atoms. The molecule has 0 saturated carbocycles. The van der Waals surface area contributed by atoms with Crippen molar-refractivity contribution in [3.05, 3.63) is 11.0 Å². The van der Waals surface area contributed by atoms with E-state index in [1.165, 1.54) is 38.5 Å². The average molecular weight is 256 g/mol. The van der Waals surface area contributed by atoms with Crippen LogP contribution in [0.3, 0.4) is 0 Å². The lowest BCUT2D eigenvalue weighted by Gasteiger charge is -2.02. The molecule has 98 valence electrons. The molecule has 0 rings (SSSR count). The van der Waals surface area contributed by atoms with Gasteiger partial charge in [0.05, 0.1) is 6.61 Å². The van der Waals surface area contributed by atoms with E-state index in [2.05, 4.69) is 18.8 Å². The molecular weight excluding hydrogens is 232 g/mol. The first kappa shape index (κ1) is 16.6. The van der Waals surface area contributed by atoms with Crippen LogP contribution in [-0.4, -0.2) is 29.2 Å². The van der Waals surface area contributed by atoms with Crippen LogP contribution in [0.2, 0.25) is 0 Å². The summed E-state index contributed by atoms with van der Waals surface area (Å²) in [6.45, 7) is 2.14. The minimum Gasteiger partial charge on any atom is -0.391 e. The molecule has 0 radical (unpaired) electrons. The third-order valence-electron chi connectivity index (χ3n) is 2.36. The van der Waals surface area contributed by atoms with E-state index in [1.54, 1.807) is 17.8 Å². The summed E-state index contributed by atoms with van der Waals surface area (Å²) in [7, 11) is 0. The Kier molecular flexibility index (Phi) is 13.3. The molecule has 2 N–H and O–H groups in total. The van der Waals surface area contributed by atoms with Crippen molar-refractivity contribution in [3.8, 4) is 11.8 Å². The fourth-order valence-corrected chi connectivity index (χ4v) is 2.24. The van der Waals surface area contributed by atoms with E-state index < -0.39 is 0 Å². The predicted octanol–water partition coefficient (Wildman–Crippen LogP) is 2.95. The summed E-state index contributed by atoms with van der Waals surface area (Å²) in [5.74, 6) is 6.30. The molecule has 0 aromatic rings. The summed E-state index contributed by atoms with van der Waals surface area (Å²) in [5.41, 5.74) is 0. The summed E-state index contributed by atoms with van der Waals surface area (Å²) < 4.78 is 0. The zero-order valence-corrected chi connectivity index (χ0v) is 11.6. The Hall–Kier alpha value is -0.430. The Labute approximate surface area is 110 Å². The number of hydrogen-bond donors (Lipinski definition) is 2. The first-order chi connectivity index (χ1) is 8.35. The van der Waals surface area contributed by atoms with Crippen LogP contribution < -0.4 is 0 Å². The highest BCUT2D eigenvalue weighted by molar-refractivity contribution is 8.03. The summed E-state index contributed by atoms with van der Waals surface area (Å²) in [5, 5.41) is 17.6. The van der Waals surface area contributed by atoms with Gasteiger partial charge in [-0.2, -0.15) is 0 Å². The number of unbranched alkanes of at least 4 members (excludes halogenated alkanes) is 5. The van der Waals surface area contributed by atoms with Crippen molar-refractivity contribution in [1.29, 1.82) is 0 Å². The Morgan fingerprint density at radius 2 is 1.82 bits per heavy atom. The average Bonchev–Trinajstić information content (AvgIpc) is 2.35. The van der Waals surface area contributed by atoms with Crippen molar-refractivity contribution in [2.24, 2.45) is 0 Å². The molecule has 0 saturated heterocycles. The normalized spacial score (nSPS) is 11.1. The van der Waals surface area contributed by atoms with Crippen LogP contribution in [-0.2, 0) is 0 Å². The number of thioether (sulfide) groups is 1. The molecule has 0 aliphatic heterocycles. The highest BCUT2D eigenvalue weighted by Gasteiger charge is 1.96. The van der Waals surface area contributed by atoms with Gasteiger partial charge in [-0.05, 0) is 12.2 Å². The van der Waals surface area contributed by atoms with E-state index in [0.29, 0.717) is 0 Å². The number of rotatable bonds is 9. The molecule has 0 bridgehead atoms. The standard InChI is InChI=1S/C14H24O2S/c1-2-3-4-5-6-9-12-17-14(13-16)10-7-8-11-15/h10,15-16H,2-6,9,11-13H2,1H3. The SMILES string of the molecule is CCCCCCCCSC(=CC#CCO)CO. The maximum Gasteiger partial charge on any atom is 0.104 e. The Morgan fingerprint density at radius 3 is 2.47 bits per heavy atom. The quantitative estimate of drug-likeness (QED) is 0.492. The lowest BCUT2D eigenvalue weighted by molar-refractivity contribution is 0.339. The molecule has 0 amide bonds. The third-order valence-corrected chi connectivity index (χ3v) is 3.47. The molecule has 0 aromatic carbocycles. The zero-order valence-electron chi connectivity index (χ0n) is 10.7. The molecule has 0 aliphatic rings. The molecule has 0 unspecified atom stereocenters. The van der Waals surface area contributed by atoms with Crippen molar-refractivity contribution in [2.75, 3.05) is 19.0 Å². The monoisotopic (exact) mass is 256 g/mol. The Bertz CT molecular complexity index is 251. The van der Waals surface area contributed by atoms with Gasteiger partial charge in [0.1, 0.15) is 6.61 Å². The molecular formula is C14H24O2S. The van der Waals surface area contributed by atoms with E-state index in [4.69, 9.17) is 10.2 Å². The Morgan fingerprint density at radius 1 is 1.12 bits per heavy atom. The first-order valence-electron chi connectivity index (χ1n) is 6.37. The van der Waals surface area contributed by atoms with Gasteiger partial charge in [0.2, 0.25) is 0 Å². The van der Waals surface area contributed by atoms with Crippen LogP contribution in [0.4, 0.5) is 0 Å². The number of aliphatic hydroxyl groups is 2. The fourth-order valence-electron chi connectivity index (χ4n) is 1.40. The van der Waals surface area contributed by atoms with Gasteiger partial charge in [0, 0.05) is 11.0 Å². The van der Waals surface area contributed by atoms with Crippen molar-refractivity contribution in [3.63, 3.8) is 0 Å².